The molecular formula is CHO5PZn. The molecule has 0 bridgehead atoms. The van der Waals surface area contributed by atoms with Crippen molar-refractivity contribution in [1.82, 2.24) is 0 Å². The maximum atomic E-state index is 9.24. The van der Waals surface area contributed by atoms with E-state index in [1.54, 1.807) is 0 Å². The van der Waals surface area contributed by atoms with E-state index in [9.17, 15) is 14.6 Å². The van der Waals surface area contributed by atoms with Crippen molar-refractivity contribution in [3.63, 3.8) is 0 Å². The summed E-state index contributed by atoms with van der Waals surface area (Å²) in [5, 5.41) is 7.48. The van der Waals surface area contributed by atoms with Crippen LogP contribution in [0.25, 0.3) is 0 Å². The molecule has 0 spiro atoms. The number of carbonyl (C=O) groups is 1. The molecule has 0 atom stereocenters. The van der Waals surface area contributed by atoms with Gasteiger partial charge in [0.1, 0.15) is 0 Å². The van der Waals surface area contributed by atoms with Crippen LogP contribution in [-0.4, -0.2) is 11.3 Å². The van der Waals surface area contributed by atoms with Gasteiger partial charge in [0, 0.05) is 0 Å². The fourth-order valence-corrected chi connectivity index (χ4v) is 0.191. The maximum Gasteiger partial charge on any atom is 2.00 e. The van der Waals surface area contributed by atoms with Gasteiger partial charge in [0.25, 0.3) is 0 Å². The smallest absolute Gasteiger partial charge is 0.810 e. The minimum Gasteiger partial charge on any atom is -0.810 e. The minimum absolute atomic E-state index is 0. The topological polar surface area (TPSA) is 92.7 Å². The van der Waals surface area contributed by atoms with Gasteiger partial charge in [-0.1, -0.05) is 8.60 Å². The van der Waals surface area contributed by atoms with Gasteiger partial charge in [-0.3, -0.25) is 0 Å². The van der Waals surface area contributed by atoms with Crippen molar-refractivity contribution >= 4 is 14.8 Å². The fourth-order valence-electron chi connectivity index (χ4n) is 0.0638. The summed E-state index contributed by atoms with van der Waals surface area (Å²) in [7, 11) is -3.24. The molecule has 0 saturated heterocycles. The number of carboxylic acid groups (broad SMARTS) is 1. The van der Waals surface area contributed by atoms with E-state index < -0.39 is 14.8 Å². The molecule has 0 heterocycles. The van der Waals surface area contributed by atoms with Gasteiger partial charge in [-0.2, -0.15) is 0 Å². The molecule has 8 heavy (non-hydrogen) atoms. The second kappa shape index (κ2) is 5.38. The van der Waals surface area contributed by atoms with Crippen molar-refractivity contribution in [2.45, 2.75) is 0 Å². The first kappa shape index (κ1) is 11.1. The Hall–Kier alpha value is 0.243. The van der Waals surface area contributed by atoms with E-state index in [2.05, 4.69) is 4.52 Å². The van der Waals surface area contributed by atoms with Crippen molar-refractivity contribution < 1.29 is 43.7 Å². The molecule has 0 aliphatic rings. The summed E-state index contributed by atoms with van der Waals surface area (Å²) in [6, 6.07) is 0. The van der Waals surface area contributed by atoms with Crippen LogP contribution in [0.2, 0.25) is 0 Å². The van der Waals surface area contributed by atoms with Gasteiger partial charge in [0.2, 0.25) is 0 Å². The summed E-state index contributed by atoms with van der Waals surface area (Å²) >= 11 is 0. The van der Waals surface area contributed by atoms with Crippen LogP contribution in [0, 0.1) is 0 Å². The molecule has 0 saturated carbocycles. The summed E-state index contributed by atoms with van der Waals surface area (Å²) < 4.78 is 3.12. The second-order valence-corrected chi connectivity index (χ2v) is 1.21. The van der Waals surface area contributed by atoms with Crippen LogP contribution in [0.15, 0.2) is 0 Å². The number of rotatable bonds is 1. The molecule has 0 aliphatic heterocycles. The Morgan fingerprint density at radius 2 is 2.00 bits per heavy atom. The first-order valence-electron chi connectivity index (χ1n) is 1.18. The third-order valence-corrected chi connectivity index (χ3v) is 0.458. The Morgan fingerprint density at radius 1 is 1.62 bits per heavy atom. The predicted octanol–water partition coefficient (Wildman–Crippen LogP) is -1.37. The Balaban J connectivity index is 0. The van der Waals surface area contributed by atoms with Crippen LogP contribution in [0.4, 0.5) is 4.79 Å². The van der Waals surface area contributed by atoms with E-state index in [0.717, 1.165) is 0 Å². The molecule has 1 N–H and O–H groups in total. The van der Waals surface area contributed by atoms with Gasteiger partial charge in [0.15, 0.2) is 0 Å². The zero-order valence-corrected chi connectivity index (χ0v) is 7.60. The Bertz CT molecular complexity index is 72.8. The average Bonchev–Trinajstić information content (AvgIpc) is 1.27. The van der Waals surface area contributed by atoms with Gasteiger partial charge in [-0.15, -0.1) is 0 Å². The quantitative estimate of drug-likeness (QED) is 0.406. The van der Waals surface area contributed by atoms with Crippen molar-refractivity contribution in [1.29, 1.82) is 0 Å². The largest absolute Gasteiger partial charge is 2.00 e. The second-order valence-electron chi connectivity index (χ2n) is 0.581. The van der Waals surface area contributed by atoms with Crippen molar-refractivity contribution in [2.75, 3.05) is 0 Å². The Morgan fingerprint density at radius 3 is 2.00 bits per heavy atom. The molecule has 42 valence electrons. The summed E-state index contributed by atoms with van der Waals surface area (Å²) in [5.41, 5.74) is 0. The van der Waals surface area contributed by atoms with Gasteiger partial charge in [0.05, 0.1) is 0 Å². The van der Waals surface area contributed by atoms with Crippen LogP contribution >= 0.6 is 8.60 Å². The SMILES string of the molecule is O=C(O)OP([O-])[O-].[Zn+2]. The summed E-state index contributed by atoms with van der Waals surface area (Å²) in [5.74, 6) is 0. The van der Waals surface area contributed by atoms with Crippen LogP contribution in [0.3, 0.4) is 0 Å². The fraction of sp³-hybridized carbons (Fsp3) is 0. The van der Waals surface area contributed by atoms with Crippen molar-refractivity contribution in [3.05, 3.63) is 0 Å². The van der Waals surface area contributed by atoms with E-state index in [4.69, 9.17) is 5.11 Å². The Kier molecular flexibility index (Phi) is 7.46. The molecule has 0 fully saturated rings. The number of hydrogen-bond acceptors (Lipinski definition) is 4. The molecule has 0 aliphatic carbocycles. The monoisotopic (exact) mass is 188 g/mol. The van der Waals surface area contributed by atoms with Crippen LogP contribution in [-0.2, 0) is 24.0 Å². The standard InChI is InChI=1S/CHO5P.Zn/c2-1(3)6-7(4)5;/h(H,2,3);/q-2;+2. The van der Waals surface area contributed by atoms with E-state index in [1.807, 2.05) is 0 Å². The van der Waals surface area contributed by atoms with E-state index in [1.165, 1.54) is 0 Å². The van der Waals surface area contributed by atoms with Crippen LogP contribution < -0.4 is 9.79 Å². The minimum atomic E-state index is -3.24. The third kappa shape index (κ3) is 9.53. The predicted molar refractivity (Wildman–Crippen MR) is 16.0 cm³/mol. The zero-order chi connectivity index (χ0) is 5.86. The van der Waals surface area contributed by atoms with Gasteiger partial charge in [-0.05, 0) is 0 Å². The summed E-state index contributed by atoms with van der Waals surface area (Å²) in [4.78, 5) is 27.7. The molecule has 0 unspecified atom stereocenters. The van der Waals surface area contributed by atoms with Crippen LogP contribution in [0.1, 0.15) is 0 Å². The first-order chi connectivity index (χ1) is 3.13. The van der Waals surface area contributed by atoms with E-state index in [0.29, 0.717) is 0 Å². The third-order valence-electron chi connectivity index (χ3n) is 0.153. The van der Waals surface area contributed by atoms with Gasteiger partial charge in [-0.25, -0.2) is 4.79 Å². The molecule has 0 aromatic carbocycles. The molecule has 5 nitrogen and oxygen atoms in total. The molecule has 0 aromatic heterocycles. The van der Waals surface area contributed by atoms with Crippen LogP contribution in [0.5, 0.6) is 0 Å². The molecular weight excluding hydrogens is 188 g/mol. The molecule has 0 rings (SSSR count). The summed E-state index contributed by atoms with van der Waals surface area (Å²) in [6.07, 6.45) is -1.81. The number of hydrogen-bond donors (Lipinski definition) is 1. The van der Waals surface area contributed by atoms with E-state index in [-0.39, 0.29) is 19.5 Å². The molecule has 0 radical (unpaired) electrons. The normalized spacial score (nSPS) is 7.88. The van der Waals surface area contributed by atoms with Crippen molar-refractivity contribution in [2.24, 2.45) is 0 Å². The van der Waals surface area contributed by atoms with Gasteiger partial charge >= 0.3 is 25.6 Å². The first-order valence-corrected chi connectivity index (χ1v) is 2.28. The zero-order valence-electron chi connectivity index (χ0n) is 3.73. The van der Waals surface area contributed by atoms with Crippen molar-refractivity contribution in [3.8, 4) is 0 Å². The maximum absolute atomic E-state index is 9.24. The Labute approximate surface area is 59.0 Å². The van der Waals surface area contributed by atoms with Gasteiger partial charge < -0.3 is 19.4 Å². The molecule has 0 amide bonds. The van der Waals surface area contributed by atoms with E-state index >= 15 is 0 Å². The molecule has 7 heteroatoms. The molecule has 0 aromatic rings. The average molecular weight is 189 g/mol. The summed E-state index contributed by atoms with van der Waals surface area (Å²) in [6.45, 7) is 0.